The number of carbonyl (C=O) groups is 1. The number of fused-ring (bicyclic) bond motifs is 1. The molecule has 1 aliphatic heterocycles. The Labute approximate surface area is 175 Å². The third kappa shape index (κ3) is 4.58. The van der Waals surface area contributed by atoms with Gasteiger partial charge in [-0.1, -0.05) is 56.9 Å². The molecule has 4 heteroatoms. The fourth-order valence-corrected chi connectivity index (χ4v) is 4.18. The third-order valence-corrected chi connectivity index (χ3v) is 5.67. The SMILES string of the molecule is CCCCCCCOc1cccc(C2(C)Nc3ccccc3C(=O)N2C(C)C)c1. The Morgan fingerprint density at radius 2 is 1.79 bits per heavy atom. The molecule has 29 heavy (non-hydrogen) atoms. The zero-order chi connectivity index (χ0) is 20.9. The Morgan fingerprint density at radius 1 is 1.03 bits per heavy atom. The van der Waals surface area contributed by atoms with Crippen LogP contribution in [0, 0.1) is 0 Å². The highest BCUT2D eigenvalue weighted by Crippen LogP contribution is 2.39. The molecule has 2 aromatic carbocycles. The number of ether oxygens (including phenoxy) is 1. The lowest BCUT2D eigenvalue weighted by Gasteiger charge is -2.48. The molecule has 1 unspecified atom stereocenters. The van der Waals surface area contributed by atoms with E-state index in [-0.39, 0.29) is 11.9 Å². The predicted octanol–water partition coefficient (Wildman–Crippen LogP) is 6.18. The van der Waals surface area contributed by atoms with Gasteiger partial charge < -0.3 is 15.0 Å². The summed E-state index contributed by atoms with van der Waals surface area (Å²) in [5.41, 5.74) is 1.98. The Morgan fingerprint density at radius 3 is 2.55 bits per heavy atom. The second kappa shape index (κ2) is 9.34. The molecule has 2 aromatic rings. The Bertz CT molecular complexity index is 833. The van der Waals surface area contributed by atoms with E-state index in [0.717, 1.165) is 35.6 Å². The van der Waals surface area contributed by atoms with Gasteiger partial charge in [-0.3, -0.25) is 4.79 Å². The van der Waals surface area contributed by atoms with Crippen molar-refractivity contribution in [3.8, 4) is 5.75 Å². The van der Waals surface area contributed by atoms with Crippen LogP contribution >= 0.6 is 0 Å². The van der Waals surface area contributed by atoms with Crippen LogP contribution in [0.15, 0.2) is 48.5 Å². The lowest BCUT2D eigenvalue weighted by molar-refractivity contribution is 0.0433. The molecule has 1 heterocycles. The second-order valence-corrected chi connectivity index (χ2v) is 8.30. The number of anilines is 1. The number of nitrogens with one attached hydrogen (secondary N) is 1. The molecule has 0 aliphatic carbocycles. The highest BCUT2D eigenvalue weighted by atomic mass is 16.5. The quantitative estimate of drug-likeness (QED) is 0.516. The molecule has 0 aromatic heterocycles. The van der Waals surface area contributed by atoms with Crippen molar-refractivity contribution in [2.24, 2.45) is 0 Å². The predicted molar refractivity (Wildman–Crippen MR) is 119 cm³/mol. The molecule has 1 aliphatic rings. The molecule has 0 bridgehead atoms. The number of para-hydroxylation sites is 1. The van der Waals surface area contributed by atoms with Gasteiger partial charge in [0.05, 0.1) is 12.2 Å². The topological polar surface area (TPSA) is 41.6 Å². The summed E-state index contributed by atoms with van der Waals surface area (Å²) in [6.45, 7) is 9.15. The number of benzene rings is 2. The largest absolute Gasteiger partial charge is 0.494 e. The van der Waals surface area contributed by atoms with Crippen LogP contribution in [-0.2, 0) is 5.66 Å². The van der Waals surface area contributed by atoms with Crippen molar-refractivity contribution >= 4 is 11.6 Å². The molecule has 0 saturated carbocycles. The fraction of sp³-hybridized carbons (Fsp3) is 0.480. The maximum absolute atomic E-state index is 13.3. The highest BCUT2D eigenvalue weighted by molar-refractivity contribution is 6.02. The molecule has 0 saturated heterocycles. The van der Waals surface area contributed by atoms with E-state index in [1.165, 1.54) is 25.7 Å². The smallest absolute Gasteiger partial charge is 0.258 e. The van der Waals surface area contributed by atoms with Crippen molar-refractivity contribution in [2.75, 3.05) is 11.9 Å². The Hall–Kier alpha value is -2.49. The number of hydrogen-bond acceptors (Lipinski definition) is 3. The van der Waals surface area contributed by atoms with E-state index in [1.807, 2.05) is 41.3 Å². The minimum Gasteiger partial charge on any atom is -0.494 e. The van der Waals surface area contributed by atoms with Crippen LogP contribution in [0.2, 0.25) is 0 Å². The molecular formula is C25H34N2O2. The van der Waals surface area contributed by atoms with Crippen LogP contribution in [0.3, 0.4) is 0 Å². The van der Waals surface area contributed by atoms with E-state index >= 15 is 0 Å². The molecule has 0 fully saturated rings. The lowest BCUT2D eigenvalue weighted by atomic mass is 9.92. The monoisotopic (exact) mass is 394 g/mol. The summed E-state index contributed by atoms with van der Waals surface area (Å²) in [5.74, 6) is 0.912. The summed E-state index contributed by atoms with van der Waals surface area (Å²) >= 11 is 0. The third-order valence-electron chi connectivity index (χ3n) is 5.67. The number of rotatable bonds is 9. The van der Waals surface area contributed by atoms with Crippen LogP contribution in [0.5, 0.6) is 5.75 Å². The van der Waals surface area contributed by atoms with Gasteiger partial charge in [0.2, 0.25) is 0 Å². The summed E-state index contributed by atoms with van der Waals surface area (Å²) < 4.78 is 6.02. The van der Waals surface area contributed by atoms with Gasteiger partial charge >= 0.3 is 0 Å². The minimum absolute atomic E-state index is 0.0523. The normalized spacial score (nSPS) is 18.5. The van der Waals surface area contributed by atoms with Gasteiger partial charge in [0.25, 0.3) is 5.91 Å². The number of carbonyl (C=O) groups excluding carboxylic acids is 1. The maximum atomic E-state index is 13.3. The summed E-state index contributed by atoms with van der Waals surface area (Å²) in [7, 11) is 0. The minimum atomic E-state index is -0.639. The average Bonchev–Trinajstić information content (AvgIpc) is 2.70. The molecule has 0 radical (unpaired) electrons. The van der Waals surface area contributed by atoms with E-state index in [9.17, 15) is 4.79 Å². The van der Waals surface area contributed by atoms with E-state index < -0.39 is 5.66 Å². The number of hydrogen-bond donors (Lipinski definition) is 1. The van der Waals surface area contributed by atoms with Gasteiger partial charge in [-0.05, 0) is 51.5 Å². The van der Waals surface area contributed by atoms with Gasteiger partial charge in [0.1, 0.15) is 11.4 Å². The highest BCUT2D eigenvalue weighted by Gasteiger charge is 2.43. The average molecular weight is 395 g/mol. The van der Waals surface area contributed by atoms with Gasteiger partial charge in [0, 0.05) is 17.3 Å². The first-order valence-electron chi connectivity index (χ1n) is 10.9. The van der Waals surface area contributed by atoms with Crippen molar-refractivity contribution in [3.05, 3.63) is 59.7 Å². The van der Waals surface area contributed by atoms with Gasteiger partial charge in [-0.25, -0.2) is 0 Å². The molecule has 156 valence electrons. The molecule has 1 N–H and O–H groups in total. The van der Waals surface area contributed by atoms with Crippen molar-refractivity contribution in [1.29, 1.82) is 0 Å². The van der Waals surface area contributed by atoms with Crippen molar-refractivity contribution in [1.82, 2.24) is 4.90 Å². The van der Waals surface area contributed by atoms with E-state index in [0.29, 0.717) is 0 Å². The molecule has 1 atom stereocenters. The van der Waals surface area contributed by atoms with Crippen molar-refractivity contribution in [2.45, 2.75) is 71.5 Å². The van der Waals surface area contributed by atoms with Crippen LogP contribution in [0.1, 0.15) is 75.7 Å². The Balaban J connectivity index is 1.81. The summed E-state index contributed by atoms with van der Waals surface area (Å²) in [6.07, 6.45) is 6.10. The van der Waals surface area contributed by atoms with Crippen molar-refractivity contribution < 1.29 is 9.53 Å². The molecular weight excluding hydrogens is 360 g/mol. The van der Waals surface area contributed by atoms with Gasteiger partial charge in [-0.2, -0.15) is 0 Å². The molecule has 1 amide bonds. The zero-order valence-electron chi connectivity index (χ0n) is 18.2. The van der Waals surface area contributed by atoms with E-state index in [2.05, 4.69) is 45.1 Å². The molecule has 0 spiro atoms. The van der Waals surface area contributed by atoms with Crippen molar-refractivity contribution in [3.63, 3.8) is 0 Å². The first-order chi connectivity index (χ1) is 14.0. The lowest BCUT2D eigenvalue weighted by Crippen LogP contribution is -2.58. The van der Waals surface area contributed by atoms with Crippen LogP contribution in [-0.4, -0.2) is 23.5 Å². The number of unbranched alkanes of at least 4 members (excludes halogenated alkanes) is 4. The van der Waals surface area contributed by atoms with Crippen LogP contribution < -0.4 is 10.1 Å². The second-order valence-electron chi connectivity index (χ2n) is 8.30. The first kappa shape index (κ1) is 21.2. The summed E-state index contributed by atoms with van der Waals surface area (Å²) in [5, 5.41) is 3.62. The van der Waals surface area contributed by atoms with E-state index in [1.54, 1.807) is 0 Å². The summed E-state index contributed by atoms with van der Waals surface area (Å²) in [4.78, 5) is 15.2. The van der Waals surface area contributed by atoms with E-state index in [4.69, 9.17) is 4.74 Å². The van der Waals surface area contributed by atoms with Gasteiger partial charge in [-0.15, -0.1) is 0 Å². The zero-order valence-corrected chi connectivity index (χ0v) is 18.2. The van der Waals surface area contributed by atoms with Crippen LogP contribution in [0.25, 0.3) is 0 Å². The maximum Gasteiger partial charge on any atom is 0.258 e. The first-order valence-corrected chi connectivity index (χ1v) is 10.9. The molecule has 4 nitrogen and oxygen atoms in total. The van der Waals surface area contributed by atoms with Crippen LogP contribution in [0.4, 0.5) is 5.69 Å². The summed E-state index contributed by atoms with van der Waals surface area (Å²) in [6, 6.07) is 15.9. The number of amides is 1. The standard InChI is InChI=1S/C25H34N2O2/c1-5-6-7-8-11-17-29-21-14-12-13-20(18-21)25(4)26-23-16-10-9-15-22(23)24(28)27(25)19(2)3/h9-10,12-16,18-19,26H,5-8,11,17H2,1-4H3. The fourth-order valence-electron chi connectivity index (χ4n) is 4.18. The van der Waals surface area contributed by atoms with Gasteiger partial charge in [0.15, 0.2) is 0 Å². The molecule has 3 rings (SSSR count). The number of nitrogens with zero attached hydrogens (tertiary/aromatic N) is 1. The Kier molecular flexibility index (Phi) is 6.83.